The molecule has 6 nitrogen and oxygen atoms in total. The summed E-state index contributed by atoms with van der Waals surface area (Å²) in [7, 11) is 0. The van der Waals surface area contributed by atoms with Crippen LogP contribution in [0.5, 0.6) is 0 Å². The van der Waals surface area contributed by atoms with Crippen molar-refractivity contribution < 1.29 is 24.1 Å². The van der Waals surface area contributed by atoms with Crippen LogP contribution in [0.15, 0.2) is 71.8 Å². The Morgan fingerprint density at radius 3 is 2.10 bits per heavy atom. The van der Waals surface area contributed by atoms with E-state index in [1.807, 2.05) is 60.7 Å². The van der Waals surface area contributed by atoms with E-state index in [0.717, 1.165) is 11.1 Å². The fourth-order valence-corrected chi connectivity index (χ4v) is 3.94. The van der Waals surface area contributed by atoms with E-state index in [-0.39, 0.29) is 26.6 Å². The van der Waals surface area contributed by atoms with Crippen LogP contribution in [0.25, 0.3) is 0 Å². The van der Waals surface area contributed by atoms with Gasteiger partial charge in [0.05, 0.1) is 38.1 Å². The fourth-order valence-electron chi connectivity index (χ4n) is 3.60. The lowest BCUT2D eigenvalue weighted by Crippen LogP contribution is -2.37. The Hall–Kier alpha value is -2.24. The molecule has 2 aromatic rings. The van der Waals surface area contributed by atoms with Crippen LogP contribution < -0.4 is 0 Å². The van der Waals surface area contributed by atoms with Crippen molar-refractivity contribution in [1.29, 1.82) is 5.26 Å². The molecule has 7 heteroatoms. The lowest BCUT2D eigenvalue weighted by molar-refractivity contribution is -0.136. The van der Waals surface area contributed by atoms with Crippen LogP contribution in [-0.4, -0.2) is 37.5 Å². The highest BCUT2D eigenvalue weighted by Crippen LogP contribution is 2.45. The maximum Gasteiger partial charge on any atom is 0.147 e. The number of aliphatic hydroxyl groups is 1. The van der Waals surface area contributed by atoms with Gasteiger partial charge in [-0.1, -0.05) is 72.3 Å². The Bertz CT molecular complexity index is 871. The SMILES string of the molecule is N#C[C@]1(COCOCc2ccccc2)/C(=C\Cl)[C@H](O)C[C@@H]1OCOCc1ccccc1. The third kappa shape index (κ3) is 6.14. The summed E-state index contributed by atoms with van der Waals surface area (Å²) in [5, 5.41) is 20.4. The first-order valence-corrected chi connectivity index (χ1v) is 10.5. The summed E-state index contributed by atoms with van der Waals surface area (Å²) in [5.74, 6) is 0. The highest BCUT2D eigenvalue weighted by molar-refractivity contribution is 6.25. The molecule has 1 saturated carbocycles. The minimum atomic E-state index is -1.21. The number of hydrogen-bond donors (Lipinski definition) is 1. The van der Waals surface area contributed by atoms with Crippen LogP contribution >= 0.6 is 11.6 Å². The highest BCUT2D eigenvalue weighted by Gasteiger charge is 2.53. The number of nitrogens with zero attached hydrogens (tertiary/aromatic N) is 1. The molecule has 1 aliphatic rings. The van der Waals surface area contributed by atoms with Crippen LogP contribution in [0.3, 0.4) is 0 Å². The molecule has 2 aromatic carbocycles. The minimum Gasteiger partial charge on any atom is -0.389 e. The average molecular weight is 444 g/mol. The molecule has 0 aromatic heterocycles. The number of aliphatic hydroxyl groups excluding tert-OH is 1. The van der Waals surface area contributed by atoms with E-state index in [0.29, 0.717) is 18.8 Å². The minimum absolute atomic E-state index is 0.00120. The van der Waals surface area contributed by atoms with E-state index in [4.69, 9.17) is 30.5 Å². The molecular weight excluding hydrogens is 418 g/mol. The number of benzene rings is 2. The first-order valence-electron chi connectivity index (χ1n) is 10.0. The van der Waals surface area contributed by atoms with E-state index in [2.05, 4.69) is 6.07 Å². The van der Waals surface area contributed by atoms with Crippen molar-refractivity contribution in [2.45, 2.75) is 31.8 Å². The van der Waals surface area contributed by atoms with E-state index < -0.39 is 17.6 Å². The summed E-state index contributed by atoms with van der Waals surface area (Å²) in [5.41, 5.74) is 2.46. The standard InChI is InChI=1S/C24H26ClNO5/c25-12-21-22(27)11-23(31-18-29-14-20-9-5-2-6-10-20)24(21,15-26)16-30-17-28-13-19-7-3-1-4-8-19/h1-10,12,22-23,27H,11,13-14,16-18H2/b21-12-/t22-,23+,24+/m1/s1. The van der Waals surface area contributed by atoms with Crippen LogP contribution in [0, 0.1) is 16.7 Å². The summed E-state index contributed by atoms with van der Waals surface area (Å²) < 4.78 is 22.6. The fraction of sp³-hybridized carbons (Fsp3) is 0.375. The molecule has 0 saturated heterocycles. The largest absolute Gasteiger partial charge is 0.389 e. The number of rotatable bonds is 11. The Balaban J connectivity index is 1.52. The molecular formula is C24H26ClNO5. The van der Waals surface area contributed by atoms with Gasteiger partial charge in [-0.25, -0.2) is 0 Å². The summed E-state index contributed by atoms with van der Waals surface area (Å²) in [6, 6.07) is 21.7. The van der Waals surface area contributed by atoms with Gasteiger partial charge in [0.1, 0.15) is 19.0 Å². The molecule has 3 rings (SSSR count). The highest BCUT2D eigenvalue weighted by atomic mass is 35.5. The molecule has 0 amide bonds. The van der Waals surface area contributed by atoms with E-state index in [1.165, 1.54) is 5.54 Å². The lowest BCUT2D eigenvalue weighted by atomic mass is 9.83. The summed E-state index contributed by atoms with van der Waals surface area (Å²) in [6.45, 7) is 0.750. The zero-order valence-corrected chi connectivity index (χ0v) is 17.9. The molecule has 1 N–H and O–H groups in total. The molecule has 0 heterocycles. The topological polar surface area (TPSA) is 80.9 Å². The van der Waals surface area contributed by atoms with Gasteiger partial charge < -0.3 is 24.1 Å². The van der Waals surface area contributed by atoms with Crippen molar-refractivity contribution >= 4 is 11.6 Å². The third-order valence-corrected chi connectivity index (χ3v) is 5.49. The Labute approximate surface area is 187 Å². The normalized spacial score (nSPS) is 24.4. The van der Waals surface area contributed by atoms with Crippen molar-refractivity contribution in [2.75, 3.05) is 20.2 Å². The summed E-state index contributed by atoms with van der Waals surface area (Å²) in [6.07, 6.45) is -1.28. The molecule has 0 aliphatic heterocycles. The molecule has 0 spiro atoms. The van der Waals surface area contributed by atoms with E-state index in [1.54, 1.807) is 0 Å². The molecule has 0 bridgehead atoms. The van der Waals surface area contributed by atoms with Gasteiger partial charge in [-0.3, -0.25) is 0 Å². The van der Waals surface area contributed by atoms with Gasteiger partial charge >= 0.3 is 0 Å². The Morgan fingerprint density at radius 1 is 0.968 bits per heavy atom. The van der Waals surface area contributed by atoms with Crippen LogP contribution in [0.2, 0.25) is 0 Å². The zero-order valence-electron chi connectivity index (χ0n) is 17.2. The Morgan fingerprint density at radius 2 is 1.55 bits per heavy atom. The molecule has 1 aliphatic carbocycles. The van der Waals surface area contributed by atoms with Crippen LogP contribution in [0.4, 0.5) is 0 Å². The average Bonchev–Trinajstić information content (AvgIpc) is 3.08. The van der Waals surface area contributed by atoms with Crippen molar-refractivity contribution in [3.63, 3.8) is 0 Å². The van der Waals surface area contributed by atoms with Crippen LogP contribution in [0.1, 0.15) is 17.5 Å². The van der Waals surface area contributed by atoms with Crippen molar-refractivity contribution in [3.05, 3.63) is 82.9 Å². The molecule has 0 radical (unpaired) electrons. The van der Waals surface area contributed by atoms with Crippen molar-refractivity contribution in [3.8, 4) is 6.07 Å². The molecule has 0 unspecified atom stereocenters. The number of ether oxygens (including phenoxy) is 4. The molecule has 3 atom stereocenters. The van der Waals surface area contributed by atoms with Gasteiger partial charge in [0, 0.05) is 12.0 Å². The van der Waals surface area contributed by atoms with E-state index in [9.17, 15) is 10.4 Å². The maximum atomic E-state index is 10.4. The van der Waals surface area contributed by atoms with Gasteiger partial charge in [-0.2, -0.15) is 5.26 Å². The maximum absolute atomic E-state index is 10.4. The van der Waals surface area contributed by atoms with E-state index >= 15 is 0 Å². The van der Waals surface area contributed by atoms with Crippen molar-refractivity contribution in [1.82, 2.24) is 0 Å². The second kappa shape index (κ2) is 12.0. The second-order valence-electron chi connectivity index (χ2n) is 7.31. The molecule has 1 fully saturated rings. The molecule has 164 valence electrons. The smallest absolute Gasteiger partial charge is 0.147 e. The van der Waals surface area contributed by atoms with Gasteiger partial charge in [-0.05, 0) is 16.7 Å². The van der Waals surface area contributed by atoms with Gasteiger partial charge in [0.2, 0.25) is 0 Å². The molecule has 31 heavy (non-hydrogen) atoms. The monoisotopic (exact) mass is 443 g/mol. The lowest BCUT2D eigenvalue weighted by Gasteiger charge is -2.29. The summed E-state index contributed by atoms with van der Waals surface area (Å²) >= 11 is 5.95. The number of nitriles is 1. The first-order chi connectivity index (χ1) is 15.2. The quantitative estimate of drug-likeness (QED) is 0.415. The van der Waals surface area contributed by atoms with Gasteiger partial charge in [-0.15, -0.1) is 0 Å². The van der Waals surface area contributed by atoms with Crippen LogP contribution in [-0.2, 0) is 32.2 Å². The third-order valence-electron chi connectivity index (χ3n) is 5.25. The first kappa shape index (κ1) is 23.4. The van der Waals surface area contributed by atoms with Gasteiger partial charge in [0.25, 0.3) is 0 Å². The number of hydrogen-bond acceptors (Lipinski definition) is 6. The predicted octanol–water partition coefficient (Wildman–Crippen LogP) is 4.13. The van der Waals surface area contributed by atoms with Gasteiger partial charge in [0.15, 0.2) is 0 Å². The Kier molecular flexibility index (Phi) is 9.04. The van der Waals surface area contributed by atoms with Crippen molar-refractivity contribution in [2.24, 2.45) is 5.41 Å². The second-order valence-corrected chi connectivity index (χ2v) is 7.52. The summed E-state index contributed by atoms with van der Waals surface area (Å²) in [4.78, 5) is 0. The number of halogens is 1. The predicted molar refractivity (Wildman–Crippen MR) is 116 cm³/mol. The zero-order chi connectivity index (χ0) is 21.9.